The van der Waals surface area contributed by atoms with E-state index in [4.69, 9.17) is 32.2 Å². The van der Waals surface area contributed by atoms with E-state index in [1.54, 1.807) is 0 Å². The van der Waals surface area contributed by atoms with Gasteiger partial charge in [-0.15, -0.1) is 0 Å². The normalized spacial score (nSPS) is 10.8. The molecule has 1 heterocycles. The Bertz CT molecular complexity index is 580. The van der Waals surface area contributed by atoms with Crippen molar-refractivity contribution < 1.29 is 14.3 Å². The smallest absolute Gasteiger partial charge is 0.204 e. The molecule has 0 atom stereocenters. The van der Waals surface area contributed by atoms with Crippen molar-refractivity contribution in [2.75, 3.05) is 13.2 Å². The van der Waals surface area contributed by atoms with Gasteiger partial charge in [-0.05, 0) is 31.4 Å². The van der Waals surface area contributed by atoms with Crippen LogP contribution in [-0.4, -0.2) is 23.3 Å². The first kappa shape index (κ1) is 14.8. The van der Waals surface area contributed by atoms with Crippen LogP contribution in [0, 0.1) is 0 Å². The molecule has 0 bridgehead atoms. The van der Waals surface area contributed by atoms with E-state index in [1.807, 2.05) is 24.3 Å². The van der Waals surface area contributed by atoms with Crippen LogP contribution in [-0.2, 0) is 0 Å². The van der Waals surface area contributed by atoms with Crippen LogP contribution in [0.25, 0.3) is 11.0 Å². The molecule has 0 aliphatic carbocycles. The monoisotopic (exact) mass is 293 g/mol. The zero-order valence-corrected chi connectivity index (χ0v) is 12.1. The molecule has 5 heteroatoms. The number of para-hydroxylation sites is 1. The fourth-order valence-corrected chi connectivity index (χ4v) is 2.20. The highest BCUT2D eigenvalue weighted by Crippen LogP contribution is 2.33. The minimum Gasteiger partial charge on any atom is -0.489 e. The average molecular weight is 293 g/mol. The second-order valence-electron chi connectivity index (χ2n) is 4.61. The number of unbranched alkanes of at least 4 members (excludes halogenated alkanes) is 3. The van der Waals surface area contributed by atoms with Gasteiger partial charge in [-0.3, -0.25) is 0 Å². The summed E-state index contributed by atoms with van der Waals surface area (Å²) in [6.07, 6.45) is 3.80. The minimum atomic E-state index is 0.205. The Morgan fingerprint density at radius 1 is 1.20 bits per heavy atom. The third-order valence-electron chi connectivity index (χ3n) is 3.07. The molecule has 0 saturated carbocycles. The van der Waals surface area contributed by atoms with Gasteiger partial charge < -0.3 is 20.0 Å². The highest BCUT2D eigenvalue weighted by Gasteiger charge is 2.17. The first-order chi connectivity index (χ1) is 9.74. The maximum absolute atomic E-state index is 8.72. The van der Waals surface area contributed by atoms with E-state index < -0.39 is 0 Å². The lowest BCUT2D eigenvalue weighted by Gasteiger charge is -2.06. The van der Waals surface area contributed by atoms with Gasteiger partial charge in [0.2, 0.25) is 5.76 Å². The van der Waals surface area contributed by atoms with Gasteiger partial charge in [-0.1, -0.05) is 30.8 Å². The average Bonchev–Trinajstić information content (AvgIpc) is 2.82. The molecule has 0 amide bonds. The Balaban J connectivity index is 2.04. The number of hydrogen-bond donors (Lipinski definition) is 2. The molecular formula is C15H19NO3S. The van der Waals surface area contributed by atoms with Crippen LogP contribution in [0.3, 0.4) is 0 Å². The summed E-state index contributed by atoms with van der Waals surface area (Å²) in [4.78, 5) is 0.205. The van der Waals surface area contributed by atoms with Gasteiger partial charge >= 0.3 is 0 Å². The Labute approximate surface area is 123 Å². The van der Waals surface area contributed by atoms with Crippen molar-refractivity contribution in [2.24, 2.45) is 5.73 Å². The number of thiocarbonyl (C=S) groups is 1. The Hall–Kier alpha value is -1.59. The van der Waals surface area contributed by atoms with Crippen LogP contribution < -0.4 is 10.5 Å². The van der Waals surface area contributed by atoms with Gasteiger partial charge in [0.1, 0.15) is 10.6 Å². The molecule has 2 aromatic rings. The minimum absolute atomic E-state index is 0.205. The first-order valence-electron chi connectivity index (χ1n) is 6.79. The molecule has 3 N–H and O–H groups in total. The molecular weight excluding hydrogens is 274 g/mol. The molecule has 4 nitrogen and oxygen atoms in total. The lowest BCUT2D eigenvalue weighted by Crippen LogP contribution is -2.10. The molecule has 20 heavy (non-hydrogen) atoms. The summed E-state index contributed by atoms with van der Waals surface area (Å²) in [6, 6.07) is 7.62. The van der Waals surface area contributed by atoms with Crippen molar-refractivity contribution in [3.8, 4) is 5.75 Å². The van der Waals surface area contributed by atoms with E-state index in [9.17, 15) is 0 Å². The van der Waals surface area contributed by atoms with E-state index in [2.05, 4.69) is 0 Å². The highest BCUT2D eigenvalue weighted by molar-refractivity contribution is 7.80. The molecule has 0 saturated heterocycles. The van der Waals surface area contributed by atoms with E-state index in [0.29, 0.717) is 18.1 Å². The lowest BCUT2D eigenvalue weighted by molar-refractivity contribution is 0.273. The van der Waals surface area contributed by atoms with E-state index in [0.717, 1.165) is 36.7 Å². The maximum Gasteiger partial charge on any atom is 0.204 e. The standard InChI is InChI=1S/C15H19NO3S/c16-15(20)14-13(18-10-6-2-1-5-9-17)11-7-3-4-8-12(11)19-14/h3-4,7-8,17H,1-2,5-6,9-10H2,(H2,16,20). The number of aliphatic hydroxyl groups excluding tert-OH is 1. The second-order valence-corrected chi connectivity index (χ2v) is 5.05. The molecule has 0 radical (unpaired) electrons. The largest absolute Gasteiger partial charge is 0.489 e. The van der Waals surface area contributed by atoms with Crippen LogP contribution in [0.15, 0.2) is 28.7 Å². The molecule has 1 aromatic heterocycles. The summed E-state index contributed by atoms with van der Waals surface area (Å²) in [7, 11) is 0. The van der Waals surface area contributed by atoms with Crippen LogP contribution in [0.2, 0.25) is 0 Å². The molecule has 108 valence electrons. The van der Waals surface area contributed by atoms with Crippen molar-refractivity contribution in [2.45, 2.75) is 25.7 Å². The summed E-state index contributed by atoms with van der Waals surface area (Å²) in [5.41, 5.74) is 6.41. The van der Waals surface area contributed by atoms with Crippen LogP contribution in [0.1, 0.15) is 31.4 Å². The molecule has 0 unspecified atom stereocenters. The van der Waals surface area contributed by atoms with Gasteiger partial charge in [0.25, 0.3) is 0 Å². The molecule has 0 aliphatic heterocycles. The predicted octanol–water partition coefficient (Wildman–Crippen LogP) is 3.00. The Kier molecular flexibility index (Phi) is 5.38. The van der Waals surface area contributed by atoms with Crippen molar-refractivity contribution in [3.05, 3.63) is 30.0 Å². The van der Waals surface area contributed by atoms with Gasteiger partial charge in [0.15, 0.2) is 5.75 Å². The van der Waals surface area contributed by atoms with Gasteiger partial charge in [-0.25, -0.2) is 0 Å². The quantitative estimate of drug-likeness (QED) is 0.578. The zero-order valence-electron chi connectivity index (χ0n) is 11.3. The van der Waals surface area contributed by atoms with E-state index >= 15 is 0 Å². The molecule has 0 fully saturated rings. The number of fused-ring (bicyclic) bond motifs is 1. The number of rotatable bonds is 8. The second kappa shape index (κ2) is 7.26. The maximum atomic E-state index is 8.72. The van der Waals surface area contributed by atoms with Crippen molar-refractivity contribution >= 4 is 28.2 Å². The number of ether oxygens (including phenoxy) is 1. The summed E-state index contributed by atoms with van der Waals surface area (Å²) in [6.45, 7) is 0.837. The van der Waals surface area contributed by atoms with E-state index in [-0.39, 0.29) is 11.6 Å². The summed E-state index contributed by atoms with van der Waals surface area (Å²) in [5, 5.41) is 9.61. The highest BCUT2D eigenvalue weighted by atomic mass is 32.1. The third-order valence-corrected chi connectivity index (χ3v) is 3.26. The number of nitrogens with two attached hydrogens (primary N) is 1. The lowest BCUT2D eigenvalue weighted by atomic mass is 10.2. The van der Waals surface area contributed by atoms with Gasteiger partial charge in [0, 0.05) is 6.61 Å². The zero-order chi connectivity index (χ0) is 14.4. The number of benzene rings is 1. The fourth-order valence-electron chi connectivity index (χ4n) is 2.07. The number of furan rings is 1. The SMILES string of the molecule is NC(=S)c1oc2ccccc2c1OCCCCCCO. The Morgan fingerprint density at radius 2 is 1.95 bits per heavy atom. The topological polar surface area (TPSA) is 68.6 Å². The van der Waals surface area contributed by atoms with Crippen LogP contribution >= 0.6 is 12.2 Å². The van der Waals surface area contributed by atoms with Crippen molar-refractivity contribution in [1.29, 1.82) is 0 Å². The molecule has 0 aliphatic rings. The van der Waals surface area contributed by atoms with Crippen LogP contribution in [0.4, 0.5) is 0 Å². The molecule has 2 rings (SSSR count). The Morgan fingerprint density at radius 3 is 2.70 bits per heavy atom. The molecule has 0 spiro atoms. The fraction of sp³-hybridized carbons (Fsp3) is 0.400. The first-order valence-corrected chi connectivity index (χ1v) is 7.20. The van der Waals surface area contributed by atoms with Crippen molar-refractivity contribution in [1.82, 2.24) is 0 Å². The van der Waals surface area contributed by atoms with E-state index in [1.165, 1.54) is 0 Å². The predicted molar refractivity (Wildman–Crippen MR) is 83.2 cm³/mol. The van der Waals surface area contributed by atoms with Crippen molar-refractivity contribution in [3.63, 3.8) is 0 Å². The third kappa shape index (κ3) is 3.49. The molecule has 1 aromatic carbocycles. The summed E-state index contributed by atoms with van der Waals surface area (Å²) in [5.74, 6) is 1.08. The van der Waals surface area contributed by atoms with Gasteiger partial charge in [0.05, 0.1) is 12.0 Å². The number of hydrogen-bond acceptors (Lipinski definition) is 4. The van der Waals surface area contributed by atoms with Gasteiger partial charge in [-0.2, -0.15) is 0 Å². The summed E-state index contributed by atoms with van der Waals surface area (Å²) >= 11 is 5.00. The van der Waals surface area contributed by atoms with Crippen LogP contribution in [0.5, 0.6) is 5.75 Å². The number of aliphatic hydroxyl groups is 1. The summed E-state index contributed by atoms with van der Waals surface area (Å²) < 4.78 is 11.4.